The zero-order valence-electron chi connectivity index (χ0n) is 11.1. The number of nitrogens with one attached hydrogen (secondary N) is 2. The molecule has 0 unspecified atom stereocenters. The molecule has 4 aromatic rings. The number of hydrogen-bond donors (Lipinski definition) is 2. The van der Waals surface area contributed by atoms with E-state index in [9.17, 15) is 9.59 Å². The van der Waals surface area contributed by atoms with Crippen LogP contribution in [0.4, 0.5) is 0 Å². The van der Waals surface area contributed by atoms with Gasteiger partial charge in [0.25, 0.3) is 5.56 Å². The van der Waals surface area contributed by atoms with E-state index in [2.05, 4.69) is 15.0 Å². The Bertz CT molecular complexity index is 1140. The van der Waals surface area contributed by atoms with Crippen molar-refractivity contribution in [1.82, 2.24) is 19.5 Å². The average molecular weight is 313 g/mol. The fourth-order valence-electron chi connectivity index (χ4n) is 2.58. The highest BCUT2D eigenvalue weighted by Crippen LogP contribution is 2.22. The molecule has 22 heavy (non-hydrogen) atoms. The van der Waals surface area contributed by atoms with Crippen molar-refractivity contribution < 1.29 is 0 Å². The van der Waals surface area contributed by atoms with Gasteiger partial charge in [0.2, 0.25) is 0 Å². The van der Waals surface area contributed by atoms with Crippen molar-refractivity contribution in [3.05, 3.63) is 68.6 Å². The molecule has 2 aromatic heterocycles. The minimum Gasteiger partial charge on any atom is -0.345 e. The third kappa shape index (κ3) is 1.78. The number of nitrogens with zero attached hydrogens (tertiary/aromatic N) is 2. The molecule has 0 bridgehead atoms. The Labute approximate surface area is 128 Å². The van der Waals surface area contributed by atoms with Crippen LogP contribution in [-0.2, 0) is 0 Å². The maximum absolute atomic E-state index is 12.4. The highest BCUT2D eigenvalue weighted by atomic mass is 35.5. The van der Waals surface area contributed by atoms with Crippen LogP contribution < -0.4 is 11.2 Å². The summed E-state index contributed by atoms with van der Waals surface area (Å²) in [4.78, 5) is 33.9. The Kier molecular flexibility index (Phi) is 2.67. The third-order valence-corrected chi connectivity index (χ3v) is 3.77. The van der Waals surface area contributed by atoms with Gasteiger partial charge in [-0.2, -0.15) is 0 Å². The van der Waals surface area contributed by atoms with Gasteiger partial charge in [0.05, 0.1) is 28.4 Å². The number of fused-ring (bicyclic) bond motifs is 2. The fraction of sp³-hybridized carbons (Fsp3) is 0. The maximum Gasteiger partial charge on any atom is 0.333 e. The highest BCUT2D eigenvalue weighted by Gasteiger charge is 2.13. The Morgan fingerprint density at radius 2 is 2.00 bits per heavy atom. The van der Waals surface area contributed by atoms with Gasteiger partial charge in [0.1, 0.15) is 5.52 Å². The van der Waals surface area contributed by atoms with Crippen LogP contribution in [0.25, 0.3) is 27.6 Å². The van der Waals surface area contributed by atoms with Crippen molar-refractivity contribution in [2.24, 2.45) is 0 Å². The van der Waals surface area contributed by atoms with E-state index in [0.29, 0.717) is 27.1 Å². The smallest absolute Gasteiger partial charge is 0.333 e. The number of halogens is 1. The summed E-state index contributed by atoms with van der Waals surface area (Å²) in [5.74, 6) is 0. The van der Waals surface area contributed by atoms with Crippen LogP contribution in [0.5, 0.6) is 0 Å². The molecule has 0 fully saturated rings. The molecule has 4 rings (SSSR count). The van der Waals surface area contributed by atoms with Crippen LogP contribution in [0, 0.1) is 0 Å². The van der Waals surface area contributed by atoms with Gasteiger partial charge >= 0.3 is 5.69 Å². The van der Waals surface area contributed by atoms with Crippen LogP contribution in [0.3, 0.4) is 0 Å². The van der Waals surface area contributed by atoms with Gasteiger partial charge in [-0.15, -0.1) is 0 Å². The molecule has 0 radical (unpaired) electrons. The Morgan fingerprint density at radius 3 is 2.86 bits per heavy atom. The molecule has 0 aliphatic carbocycles. The highest BCUT2D eigenvalue weighted by molar-refractivity contribution is 6.31. The number of benzene rings is 2. The molecule has 2 aromatic carbocycles. The lowest BCUT2D eigenvalue weighted by Gasteiger charge is -2.10. The Hall–Kier alpha value is -2.86. The van der Waals surface area contributed by atoms with E-state index >= 15 is 0 Å². The van der Waals surface area contributed by atoms with Gasteiger partial charge in [-0.05, 0) is 30.3 Å². The summed E-state index contributed by atoms with van der Waals surface area (Å²) in [5.41, 5.74) is 1.48. The summed E-state index contributed by atoms with van der Waals surface area (Å²) in [6.07, 6.45) is 1.56. The molecule has 0 aliphatic rings. The molecule has 0 aliphatic heterocycles. The number of aromatic nitrogens is 4. The van der Waals surface area contributed by atoms with Crippen molar-refractivity contribution >= 4 is 33.5 Å². The van der Waals surface area contributed by atoms with Gasteiger partial charge in [0, 0.05) is 5.02 Å². The molecule has 7 heteroatoms. The molecule has 0 spiro atoms. The first-order valence-corrected chi connectivity index (χ1v) is 6.90. The number of para-hydroxylation sites is 1. The second-order valence-electron chi connectivity index (χ2n) is 4.83. The van der Waals surface area contributed by atoms with E-state index in [1.54, 1.807) is 30.6 Å². The second-order valence-corrected chi connectivity index (χ2v) is 5.27. The number of imidazole rings is 1. The van der Waals surface area contributed by atoms with Crippen LogP contribution in [0.1, 0.15) is 0 Å². The third-order valence-electron chi connectivity index (χ3n) is 3.54. The number of aromatic amines is 2. The molecular formula is C15H9ClN4O2. The van der Waals surface area contributed by atoms with E-state index in [0.717, 1.165) is 5.52 Å². The van der Waals surface area contributed by atoms with Crippen molar-refractivity contribution in [2.75, 3.05) is 0 Å². The first-order valence-electron chi connectivity index (χ1n) is 6.52. The quantitative estimate of drug-likeness (QED) is 0.565. The number of H-pyrrole nitrogens is 2. The Morgan fingerprint density at radius 1 is 1.14 bits per heavy atom. The largest absolute Gasteiger partial charge is 0.345 e. The SMILES string of the molecule is O=c1[nH]c(=O)n(-c2cccc3[nH]cnc23)c2cc(Cl)ccc12. The summed E-state index contributed by atoms with van der Waals surface area (Å²) in [6, 6.07) is 10.2. The van der Waals surface area contributed by atoms with E-state index in [4.69, 9.17) is 11.6 Å². The van der Waals surface area contributed by atoms with Crippen molar-refractivity contribution in [1.29, 1.82) is 0 Å². The zero-order valence-corrected chi connectivity index (χ0v) is 11.9. The second kappa shape index (κ2) is 4.57. The lowest BCUT2D eigenvalue weighted by molar-refractivity contribution is 0.947. The molecule has 0 saturated carbocycles. The molecule has 6 nitrogen and oxygen atoms in total. The summed E-state index contributed by atoms with van der Waals surface area (Å²) in [5, 5.41) is 0.831. The lowest BCUT2D eigenvalue weighted by Crippen LogP contribution is -2.29. The van der Waals surface area contributed by atoms with Crippen LogP contribution in [-0.4, -0.2) is 19.5 Å². The predicted octanol–water partition coefficient (Wildman–Crippen LogP) is 2.21. The molecule has 2 N–H and O–H groups in total. The summed E-state index contributed by atoms with van der Waals surface area (Å²) >= 11 is 6.03. The molecule has 2 heterocycles. The van der Waals surface area contributed by atoms with E-state index < -0.39 is 11.2 Å². The number of hydrogen-bond acceptors (Lipinski definition) is 3. The summed E-state index contributed by atoms with van der Waals surface area (Å²) in [6.45, 7) is 0. The normalized spacial score (nSPS) is 11.3. The minimum absolute atomic E-state index is 0.386. The molecular weight excluding hydrogens is 304 g/mol. The van der Waals surface area contributed by atoms with E-state index in [1.807, 2.05) is 12.1 Å². The predicted molar refractivity (Wildman–Crippen MR) is 84.8 cm³/mol. The van der Waals surface area contributed by atoms with Gasteiger partial charge in [-0.1, -0.05) is 17.7 Å². The maximum atomic E-state index is 12.4. The van der Waals surface area contributed by atoms with Crippen LogP contribution in [0.15, 0.2) is 52.3 Å². The number of rotatable bonds is 1. The first kappa shape index (κ1) is 12.8. The summed E-state index contributed by atoms with van der Waals surface area (Å²) < 4.78 is 1.41. The van der Waals surface area contributed by atoms with Gasteiger partial charge < -0.3 is 4.98 Å². The molecule has 0 atom stereocenters. The molecule has 108 valence electrons. The van der Waals surface area contributed by atoms with Gasteiger partial charge in [-0.3, -0.25) is 14.3 Å². The van der Waals surface area contributed by atoms with Crippen molar-refractivity contribution in [2.45, 2.75) is 0 Å². The molecule has 0 amide bonds. The Balaban J connectivity index is 2.24. The summed E-state index contributed by atoms with van der Waals surface area (Å²) in [7, 11) is 0. The molecule has 0 saturated heterocycles. The van der Waals surface area contributed by atoms with Crippen molar-refractivity contribution in [3.63, 3.8) is 0 Å². The van der Waals surface area contributed by atoms with E-state index in [-0.39, 0.29) is 0 Å². The zero-order chi connectivity index (χ0) is 15.3. The standard InChI is InChI=1S/C15H9ClN4O2/c16-8-4-5-9-12(6-8)20(15(22)19-14(9)21)11-3-1-2-10-13(11)18-7-17-10/h1-7H,(H,17,18)(H,19,21,22). The fourth-order valence-corrected chi connectivity index (χ4v) is 2.75. The minimum atomic E-state index is -0.532. The monoisotopic (exact) mass is 312 g/mol. The first-order chi connectivity index (χ1) is 10.6. The lowest BCUT2D eigenvalue weighted by atomic mass is 10.2. The van der Waals surface area contributed by atoms with Crippen molar-refractivity contribution in [3.8, 4) is 5.69 Å². The van der Waals surface area contributed by atoms with Crippen LogP contribution in [0.2, 0.25) is 5.02 Å². The topological polar surface area (TPSA) is 83.5 Å². The van der Waals surface area contributed by atoms with Crippen LogP contribution >= 0.6 is 11.6 Å². The van der Waals surface area contributed by atoms with Gasteiger partial charge in [0.15, 0.2) is 0 Å². The van der Waals surface area contributed by atoms with E-state index in [1.165, 1.54) is 4.57 Å². The van der Waals surface area contributed by atoms with Gasteiger partial charge in [-0.25, -0.2) is 9.78 Å². The average Bonchev–Trinajstić information content (AvgIpc) is 2.96.